The molecule has 2 aromatic carbocycles. The molecule has 0 radical (unpaired) electrons. The van der Waals surface area contributed by atoms with Gasteiger partial charge in [0.05, 0.1) is 0 Å². The first-order valence-corrected chi connectivity index (χ1v) is 10.1. The number of hydrogen-bond donors (Lipinski definition) is 1. The molecule has 5 nitrogen and oxygen atoms in total. The SMILES string of the molecule is CCC(N)=O.O=C(CCC(F)N1CCN(c2ccccc2)CC1)c1ccccc1. The van der Waals surface area contributed by atoms with Crippen molar-refractivity contribution in [3.05, 3.63) is 66.2 Å². The van der Waals surface area contributed by atoms with E-state index in [4.69, 9.17) is 0 Å². The largest absolute Gasteiger partial charge is 0.370 e. The topological polar surface area (TPSA) is 66.6 Å². The minimum Gasteiger partial charge on any atom is -0.370 e. The van der Waals surface area contributed by atoms with Crippen molar-refractivity contribution in [2.75, 3.05) is 31.1 Å². The van der Waals surface area contributed by atoms with Gasteiger partial charge in [-0.3, -0.25) is 14.5 Å². The lowest BCUT2D eigenvalue weighted by Crippen LogP contribution is -2.49. The maximum absolute atomic E-state index is 14.4. The molecule has 6 heteroatoms. The fraction of sp³-hybridized carbons (Fsp3) is 0.391. The number of halogens is 1. The number of carbonyl (C=O) groups excluding carboxylic acids is 2. The zero-order valence-electron chi connectivity index (χ0n) is 17.0. The van der Waals surface area contributed by atoms with Gasteiger partial charge in [0.1, 0.15) is 0 Å². The van der Waals surface area contributed by atoms with Crippen LogP contribution in [0.4, 0.5) is 10.1 Å². The van der Waals surface area contributed by atoms with Crippen LogP contribution in [0.15, 0.2) is 60.7 Å². The molecule has 3 rings (SSSR count). The Morgan fingerprint density at radius 3 is 2.00 bits per heavy atom. The van der Waals surface area contributed by atoms with Crippen LogP contribution in [0.25, 0.3) is 0 Å². The van der Waals surface area contributed by atoms with Crippen molar-refractivity contribution in [1.29, 1.82) is 0 Å². The summed E-state index contributed by atoms with van der Waals surface area (Å²) in [5, 5.41) is 0. The Morgan fingerprint density at radius 1 is 0.966 bits per heavy atom. The highest BCUT2D eigenvalue weighted by molar-refractivity contribution is 5.95. The van der Waals surface area contributed by atoms with E-state index in [1.807, 2.05) is 41.3 Å². The number of nitrogens with zero attached hydrogens (tertiary/aromatic N) is 2. The van der Waals surface area contributed by atoms with E-state index in [1.165, 1.54) is 5.69 Å². The normalized spacial score (nSPS) is 15.2. The van der Waals surface area contributed by atoms with Gasteiger partial charge in [-0.2, -0.15) is 0 Å². The molecule has 1 aliphatic rings. The lowest BCUT2D eigenvalue weighted by Gasteiger charge is -2.37. The quantitative estimate of drug-likeness (QED) is 0.570. The molecule has 1 fully saturated rings. The number of piperazine rings is 1. The highest BCUT2D eigenvalue weighted by atomic mass is 19.1. The molecular weight excluding hydrogens is 369 g/mol. The standard InChI is InChI=1S/C20H23FN2O.C3H7NO/c21-20(12-11-19(24)17-7-3-1-4-8-17)23-15-13-22(14-16-23)18-9-5-2-6-10-18;1-2-3(4)5/h1-10,20H,11-16H2;2H2,1H3,(H2,4,5). The summed E-state index contributed by atoms with van der Waals surface area (Å²) in [5.41, 5.74) is 6.51. The van der Waals surface area contributed by atoms with E-state index < -0.39 is 6.30 Å². The zero-order chi connectivity index (χ0) is 21.1. The van der Waals surface area contributed by atoms with Gasteiger partial charge in [0.2, 0.25) is 5.91 Å². The summed E-state index contributed by atoms with van der Waals surface area (Å²) in [4.78, 5) is 25.8. The van der Waals surface area contributed by atoms with Gasteiger partial charge < -0.3 is 10.6 Å². The molecule has 1 saturated heterocycles. The fourth-order valence-corrected chi connectivity index (χ4v) is 3.10. The van der Waals surface area contributed by atoms with Gasteiger partial charge in [-0.1, -0.05) is 55.5 Å². The van der Waals surface area contributed by atoms with Crippen molar-refractivity contribution in [2.45, 2.75) is 32.5 Å². The summed E-state index contributed by atoms with van der Waals surface area (Å²) in [6.45, 7) is 4.74. The van der Waals surface area contributed by atoms with E-state index in [-0.39, 0.29) is 24.5 Å². The Kier molecular flexibility index (Phi) is 9.31. The number of nitrogens with two attached hydrogens (primary N) is 1. The predicted molar refractivity (Wildman–Crippen MR) is 115 cm³/mol. The number of anilines is 1. The van der Waals surface area contributed by atoms with Crippen LogP contribution in [0.2, 0.25) is 0 Å². The molecule has 156 valence electrons. The van der Waals surface area contributed by atoms with E-state index in [2.05, 4.69) is 22.8 Å². The third kappa shape index (κ3) is 7.66. The van der Waals surface area contributed by atoms with E-state index in [1.54, 1.807) is 19.1 Å². The number of primary amides is 1. The second kappa shape index (κ2) is 12.0. The highest BCUT2D eigenvalue weighted by Crippen LogP contribution is 2.19. The molecule has 1 atom stereocenters. The predicted octanol–water partition coefficient (Wildman–Crippen LogP) is 3.65. The van der Waals surface area contributed by atoms with Crippen LogP contribution < -0.4 is 10.6 Å². The zero-order valence-corrected chi connectivity index (χ0v) is 17.0. The Morgan fingerprint density at radius 2 is 1.48 bits per heavy atom. The Hall–Kier alpha value is -2.73. The molecule has 0 spiro atoms. The second-order valence-electron chi connectivity index (χ2n) is 6.94. The van der Waals surface area contributed by atoms with Crippen molar-refractivity contribution in [3.8, 4) is 0 Å². The monoisotopic (exact) mass is 399 g/mol. The summed E-state index contributed by atoms with van der Waals surface area (Å²) in [6, 6.07) is 19.3. The number of ketones is 1. The number of rotatable bonds is 7. The molecular formula is C23H30FN3O2. The van der Waals surface area contributed by atoms with Gasteiger partial charge in [0.15, 0.2) is 12.1 Å². The molecule has 0 aromatic heterocycles. The minimum atomic E-state index is -1.05. The summed E-state index contributed by atoms with van der Waals surface area (Å²) in [5.74, 6) is -0.230. The Labute approximate surface area is 172 Å². The third-order valence-electron chi connectivity index (χ3n) is 4.89. The van der Waals surface area contributed by atoms with Crippen molar-refractivity contribution in [1.82, 2.24) is 4.90 Å². The number of carbonyl (C=O) groups is 2. The van der Waals surface area contributed by atoms with Crippen LogP contribution in [-0.2, 0) is 4.79 Å². The lowest BCUT2D eigenvalue weighted by molar-refractivity contribution is -0.117. The van der Waals surface area contributed by atoms with Gasteiger partial charge >= 0.3 is 0 Å². The van der Waals surface area contributed by atoms with Gasteiger partial charge in [-0.15, -0.1) is 0 Å². The number of Topliss-reactive ketones (excluding diaryl/α,β-unsaturated/α-hetero) is 1. The maximum atomic E-state index is 14.4. The molecule has 2 N–H and O–H groups in total. The van der Waals surface area contributed by atoms with Crippen molar-refractivity contribution >= 4 is 17.4 Å². The number of hydrogen-bond acceptors (Lipinski definition) is 4. The van der Waals surface area contributed by atoms with Crippen LogP contribution in [0.5, 0.6) is 0 Å². The molecule has 1 aliphatic heterocycles. The summed E-state index contributed by atoms with van der Waals surface area (Å²) in [6.07, 6.45) is -0.0843. The van der Waals surface area contributed by atoms with Gasteiger partial charge in [0.25, 0.3) is 0 Å². The fourth-order valence-electron chi connectivity index (χ4n) is 3.10. The number of benzene rings is 2. The Bertz CT molecular complexity index is 747. The molecule has 0 aliphatic carbocycles. The summed E-state index contributed by atoms with van der Waals surface area (Å²) in [7, 11) is 0. The van der Waals surface area contributed by atoms with Crippen molar-refractivity contribution in [2.24, 2.45) is 5.73 Å². The summed E-state index contributed by atoms with van der Waals surface area (Å²) < 4.78 is 14.4. The van der Waals surface area contributed by atoms with E-state index >= 15 is 0 Å². The van der Waals surface area contributed by atoms with Crippen molar-refractivity contribution < 1.29 is 14.0 Å². The van der Waals surface area contributed by atoms with Crippen molar-refractivity contribution in [3.63, 3.8) is 0 Å². The molecule has 2 aromatic rings. The first-order valence-electron chi connectivity index (χ1n) is 10.1. The van der Waals surface area contributed by atoms with E-state index in [0.717, 1.165) is 13.1 Å². The lowest BCUT2D eigenvalue weighted by atomic mass is 10.1. The highest BCUT2D eigenvalue weighted by Gasteiger charge is 2.24. The number of para-hydroxylation sites is 1. The van der Waals surface area contributed by atoms with Crippen LogP contribution in [0, 0.1) is 0 Å². The van der Waals surface area contributed by atoms with Crippen LogP contribution in [0.3, 0.4) is 0 Å². The van der Waals surface area contributed by atoms with Gasteiger partial charge in [0, 0.05) is 50.3 Å². The molecule has 1 unspecified atom stereocenters. The third-order valence-corrected chi connectivity index (χ3v) is 4.89. The molecule has 1 amide bonds. The average molecular weight is 400 g/mol. The molecule has 0 bridgehead atoms. The minimum absolute atomic E-state index is 0.0150. The van der Waals surface area contributed by atoms with Crippen LogP contribution in [0.1, 0.15) is 36.5 Å². The van der Waals surface area contributed by atoms with Gasteiger partial charge in [-0.05, 0) is 18.6 Å². The van der Waals surface area contributed by atoms with E-state index in [0.29, 0.717) is 25.1 Å². The molecule has 1 heterocycles. The Balaban J connectivity index is 0.000000537. The average Bonchev–Trinajstić information content (AvgIpc) is 2.79. The summed E-state index contributed by atoms with van der Waals surface area (Å²) >= 11 is 0. The first kappa shape index (κ1) is 22.6. The molecule has 29 heavy (non-hydrogen) atoms. The smallest absolute Gasteiger partial charge is 0.217 e. The van der Waals surface area contributed by atoms with Gasteiger partial charge in [-0.25, -0.2) is 4.39 Å². The number of alkyl halides is 1. The second-order valence-corrected chi connectivity index (χ2v) is 6.94. The first-order chi connectivity index (χ1) is 14.0. The molecule has 0 saturated carbocycles. The number of amides is 1. The van der Waals surface area contributed by atoms with Crippen LogP contribution >= 0.6 is 0 Å². The maximum Gasteiger partial charge on any atom is 0.217 e. The van der Waals surface area contributed by atoms with E-state index in [9.17, 15) is 14.0 Å². The van der Waals surface area contributed by atoms with Crippen LogP contribution in [-0.4, -0.2) is 49.1 Å².